The van der Waals surface area contributed by atoms with Crippen molar-refractivity contribution in [2.45, 2.75) is 32.0 Å². The Labute approximate surface area is 140 Å². The molecule has 1 aromatic carbocycles. The first-order chi connectivity index (χ1) is 10.9. The molecular weight excluding hydrogens is 318 g/mol. The number of halogens is 1. The van der Waals surface area contributed by atoms with Crippen molar-refractivity contribution < 1.29 is 19.1 Å². The van der Waals surface area contributed by atoms with Crippen LogP contribution < -0.4 is 10.1 Å². The van der Waals surface area contributed by atoms with Crippen LogP contribution in [0.2, 0.25) is 5.02 Å². The topological polar surface area (TPSA) is 71.7 Å². The Morgan fingerprint density at radius 3 is 2.65 bits per heavy atom. The summed E-state index contributed by atoms with van der Waals surface area (Å²) in [7, 11) is 0. The Kier molecular flexibility index (Phi) is 5.69. The van der Waals surface area contributed by atoms with Gasteiger partial charge in [0.1, 0.15) is 17.6 Å². The number of hydrogen-bond donors (Lipinski definition) is 2. The number of hydrogen-bond acceptors (Lipinski definition) is 4. The highest BCUT2D eigenvalue weighted by Crippen LogP contribution is 2.21. The van der Waals surface area contributed by atoms with Gasteiger partial charge in [0.2, 0.25) is 0 Å². The van der Waals surface area contributed by atoms with Gasteiger partial charge in [0.25, 0.3) is 5.91 Å². The number of amides is 1. The third kappa shape index (κ3) is 5.01. The molecule has 0 aliphatic carbocycles. The van der Waals surface area contributed by atoms with E-state index in [1.54, 1.807) is 50.2 Å². The average molecular weight is 338 g/mol. The number of carbonyl (C=O) groups is 1. The molecule has 124 valence electrons. The van der Waals surface area contributed by atoms with Crippen LogP contribution >= 0.6 is 11.6 Å². The van der Waals surface area contributed by atoms with Crippen molar-refractivity contribution in [3.8, 4) is 5.75 Å². The van der Waals surface area contributed by atoms with E-state index >= 15 is 0 Å². The van der Waals surface area contributed by atoms with Gasteiger partial charge in [-0.2, -0.15) is 0 Å². The highest BCUT2D eigenvalue weighted by atomic mass is 35.5. The van der Waals surface area contributed by atoms with Crippen LogP contribution in [0.25, 0.3) is 0 Å². The van der Waals surface area contributed by atoms with Gasteiger partial charge in [0, 0.05) is 11.6 Å². The Balaban J connectivity index is 1.82. The zero-order valence-corrected chi connectivity index (χ0v) is 13.8. The second-order valence-corrected chi connectivity index (χ2v) is 6.08. The summed E-state index contributed by atoms with van der Waals surface area (Å²) in [5.41, 5.74) is -1.04. The molecule has 0 saturated heterocycles. The zero-order chi connectivity index (χ0) is 16.9. The van der Waals surface area contributed by atoms with E-state index in [1.165, 1.54) is 6.26 Å². The number of furan rings is 1. The molecule has 1 aromatic heterocycles. The number of aliphatic hydroxyl groups is 1. The van der Waals surface area contributed by atoms with Crippen molar-refractivity contribution in [1.82, 2.24) is 5.32 Å². The summed E-state index contributed by atoms with van der Waals surface area (Å²) >= 11 is 5.82. The number of carbonyl (C=O) groups excluding carboxylic acids is 1. The predicted octanol–water partition coefficient (Wildman–Crippen LogP) is 3.33. The first kappa shape index (κ1) is 17.4. The molecule has 2 N–H and O–H groups in total. The van der Waals surface area contributed by atoms with Gasteiger partial charge in [-0.25, -0.2) is 0 Å². The van der Waals surface area contributed by atoms with Crippen LogP contribution in [0.1, 0.15) is 32.1 Å². The maximum atomic E-state index is 12.2. The van der Waals surface area contributed by atoms with E-state index in [0.717, 1.165) is 0 Å². The fourth-order valence-corrected chi connectivity index (χ4v) is 2.13. The summed E-state index contributed by atoms with van der Waals surface area (Å²) in [6, 6.07) is 10.2. The lowest BCUT2D eigenvalue weighted by Crippen LogP contribution is -2.47. The molecule has 0 saturated carbocycles. The lowest BCUT2D eigenvalue weighted by atomic mass is 10.1. The number of benzene rings is 1. The van der Waals surface area contributed by atoms with Gasteiger partial charge in [-0.1, -0.05) is 11.6 Å². The molecule has 5 nitrogen and oxygen atoms in total. The number of aliphatic hydroxyl groups excluding tert-OH is 1. The first-order valence-electron chi connectivity index (χ1n) is 7.33. The van der Waals surface area contributed by atoms with Crippen molar-refractivity contribution in [1.29, 1.82) is 0 Å². The smallest absolute Gasteiger partial charge is 0.263 e. The standard InChI is InChI=1S/C17H20ClNO4/c1-17(2,23-13-7-5-12(18)6-8-13)16(21)19-10-9-14(20)15-4-3-11-22-15/h3-8,11,14,20H,9-10H2,1-2H3,(H,19,21)/t14-/m1/s1. The number of ether oxygens (including phenoxy) is 1. The molecule has 0 unspecified atom stereocenters. The van der Waals surface area contributed by atoms with E-state index in [0.29, 0.717) is 29.5 Å². The quantitative estimate of drug-likeness (QED) is 0.813. The summed E-state index contributed by atoms with van der Waals surface area (Å²) in [4.78, 5) is 12.2. The Bertz CT molecular complexity index is 623. The highest BCUT2D eigenvalue weighted by molar-refractivity contribution is 6.30. The minimum Gasteiger partial charge on any atom is -0.478 e. The second kappa shape index (κ2) is 7.53. The second-order valence-electron chi connectivity index (χ2n) is 5.64. The van der Waals surface area contributed by atoms with Gasteiger partial charge < -0.3 is 19.6 Å². The molecule has 1 amide bonds. The molecule has 1 atom stereocenters. The molecule has 0 radical (unpaired) electrons. The minimum atomic E-state index is -1.04. The van der Waals surface area contributed by atoms with E-state index in [2.05, 4.69) is 5.32 Å². The normalized spacial score (nSPS) is 12.7. The molecule has 6 heteroatoms. The van der Waals surface area contributed by atoms with Crippen LogP contribution in [0.15, 0.2) is 47.1 Å². The fraction of sp³-hybridized carbons (Fsp3) is 0.353. The third-order valence-corrected chi connectivity index (χ3v) is 3.56. The lowest BCUT2D eigenvalue weighted by molar-refractivity contribution is -0.134. The minimum absolute atomic E-state index is 0.265. The molecule has 0 aliphatic heterocycles. The van der Waals surface area contributed by atoms with Crippen LogP contribution in [-0.4, -0.2) is 23.2 Å². The molecule has 0 spiro atoms. The van der Waals surface area contributed by atoms with Gasteiger partial charge in [-0.15, -0.1) is 0 Å². The van der Waals surface area contributed by atoms with Crippen molar-refractivity contribution >= 4 is 17.5 Å². The number of nitrogens with one attached hydrogen (secondary N) is 1. The maximum Gasteiger partial charge on any atom is 0.263 e. The summed E-state index contributed by atoms with van der Waals surface area (Å²) in [6.07, 6.45) is 1.11. The van der Waals surface area contributed by atoms with Crippen molar-refractivity contribution in [3.63, 3.8) is 0 Å². The Morgan fingerprint density at radius 1 is 1.35 bits per heavy atom. The molecule has 2 rings (SSSR count). The summed E-state index contributed by atoms with van der Waals surface area (Å²) < 4.78 is 10.8. The molecule has 2 aromatic rings. The van der Waals surface area contributed by atoms with Crippen molar-refractivity contribution in [2.75, 3.05) is 6.54 Å². The lowest BCUT2D eigenvalue weighted by Gasteiger charge is -2.25. The van der Waals surface area contributed by atoms with E-state index in [1.807, 2.05) is 0 Å². The first-order valence-corrected chi connectivity index (χ1v) is 7.70. The van der Waals surface area contributed by atoms with E-state index < -0.39 is 11.7 Å². The van der Waals surface area contributed by atoms with E-state index in [4.69, 9.17) is 20.8 Å². The van der Waals surface area contributed by atoms with Crippen LogP contribution in [0.4, 0.5) is 0 Å². The molecule has 23 heavy (non-hydrogen) atoms. The SMILES string of the molecule is CC(C)(Oc1ccc(Cl)cc1)C(=O)NCC[C@@H](O)c1ccco1. The Morgan fingerprint density at radius 2 is 2.04 bits per heavy atom. The van der Waals surface area contributed by atoms with Crippen LogP contribution in [-0.2, 0) is 4.79 Å². The summed E-state index contributed by atoms with van der Waals surface area (Å²) in [5.74, 6) is 0.778. The zero-order valence-electron chi connectivity index (χ0n) is 13.1. The van der Waals surface area contributed by atoms with Crippen LogP contribution in [0.3, 0.4) is 0 Å². The molecular formula is C17H20ClNO4. The third-order valence-electron chi connectivity index (χ3n) is 3.31. The summed E-state index contributed by atoms with van der Waals surface area (Å²) in [6.45, 7) is 3.67. The van der Waals surface area contributed by atoms with Gasteiger partial charge in [-0.05, 0) is 56.7 Å². The average Bonchev–Trinajstić information content (AvgIpc) is 3.03. The number of rotatable bonds is 7. The largest absolute Gasteiger partial charge is 0.478 e. The Hall–Kier alpha value is -1.98. The van der Waals surface area contributed by atoms with Crippen LogP contribution in [0.5, 0.6) is 5.75 Å². The monoisotopic (exact) mass is 337 g/mol. The molecule has 0 aliphatic rings. The van der Waals surface area contributed by atoms with Crippen molar-refractivity contribution in [3.05, 3.63) is 53.4 Å². The fourth-order valence-electron chi connectivity index (χ4n) is 2.00. The van der Waals surface area contributed by atoms with Gasteiger partial charge in [0.05, 0.1) is 6.26 Å². The van der Waals surface area contributed by atoms with Crippen molar-refractivity contribution in [2.24, 2.45) is 0 Å². The maximum absolute atomic E-state index is 12.2. The van der Waals surface area contributed by atoms with Gasteiger partial charge in [0.15, 0.2) is 5.60 Å². The van der Waals surface area contributed by atoms with Gasteiger partial charge in [-0.3, -0.25) is 4.79 Å². The van der Waals surface area contributed by atoms with E-state index in [9.17, 15) is 9.90 Å². The molecule has 0 fully saturated rings. The molecule has 0 bridgehead atoms. The summed E-state index contributed by atoms with van der Waals surface area (Å²) in [5, 5.41) is 13.3. The predicted molar refractivity (Wildman–Crippen MR) is 87.5 cm³/mol. The van der Waals surface area contributed by atoms with Gasteiger partial charge >= 0.3 is 0 Å². The van der Waals surface area contributed by atoms with Crippen LogP contribution in [0, 0.1) is 0 Å². The van der Waals surface area contributed by atoms with E-state index in [-0.39, 0.29) is 5.91 Å². The molecule has 1 heterocycles. The highest BCUT2D eigenvalue weighted by Gasteiger charge is 2.29.